The van der Waals surface area contributed by atoms with Crippen molar-refractivity contribution in [3.8, 4) is 0 Å². The lowest BCUT2D eigenvalue weighted by Crippen LogP contribution is -2.43. The second-order valence-electron chi connectivity index (χ2n) is 5.96. The normalized spacial score (nSPS) is 27.7. The van der Waals surface area contributed by atoms with E-state index in [1.165, 1.54) is 0 Å². The molecule has 2 aromatic rings. The van der Waals surface area contributed by atoms with Gasteiger partial charge in [-0.25, -0.2) is 0 Å². The first-order valence-electron chi connectivity index (χ1n) is 7.53. The van der Waals surface area contributed by atoms with Crippen molar-refractivity contribution < 1.29 is 4.55 Å². The highest BCUT2D eigenvalue weighted by atomic mass is 32.2. The molecule has 4 rings (SSSR count). The van der Waals surface area contributed by atoms with Gasteiger partial charge in [-0.05, 0) is 43.5 Å². The molecule has 0 saturated carbocycles. The maximum Gasteiger partial charge on any atom is 0.182 e. The molecule has 3 heterocycles. The molecule has 3 unspecified atom stereocenters. The van der Waals surface area contributed by atoms with Crippen LogP contribution in [0.1, 0.15) is 6.42 Å². The summed E-state index contributed by atoms with van der Waals surface area (Å²) in [7, 11) is 0. The Labute approximate surface area is 127 Å². The summed E-state index contributed by atoms with van der Waals surface area (Å²) in [5.74, 6) is 1.43. The van der Waals surface area contributed by atoms with Crippen molar-refractivity contribution in [2.24, 2.45) is 11.8 Å². The molecule has 2 fully saturated rings. The van der Waals surface area contributed by atoms with Crippen molar-refractivity contribution in [1.82, 2.24) is 14.6 Å². The van der Waals surface area contributed by atoms with Crippen LogP contribution in [0.3, 0.4) is 0 Å². The number of hydrogen-bond donors (Lipinski definition) is 1. The van der Waals surface area contributed by atoms with Gasteiger partial charge in [-0.1, -0.05) is 12.1 Å². The molecule has 110 valence electrons. The van der Waals surface area contributed by atoms with Crippen LogP contribution in [0.25, 0.3) is 10.8 Å². The molecule has 3 atom stereocenters. The van der Waals surface area contributed by atoms with Gasteiger partial charge in [-0.3, -0.25) is 4.98 Å². The van der Waals surface area contributed by atoms with Crippen LogP contribution in [-0.2, 0) is 11.4 Å². The molecular weight excluding hydrogens is 282 g/mol. The van der Waals surface area contributed by atoms with Gasteiger partial charge < -0.3 is 9.87 Å². The molecule has 1 aromatic carbocycles. The van der Waals surface area contributed by atoms with Gasteiger partial charge in [0, 0.05) is 36.3 Å². The lowest BCUT2D eigenvalue weighted by atomic mass is 9.90. The Morgan fingerprint density at radius 3 is 3.10 bits per heavy atom. The summed E-state index contributed by atoms with van der Waals surface area (Å²) in [5.41, 5.74) is 0. The number of hydrogen-bond acceptors (Lipinski definition) is 4. The zero-order valence-corrected chi connectivity index (χ0v) is 12.7. The number of nitrogens with one attached hydrogen (secondary N) is 1. The Bertz CT molecular complexity index is 645. The Morgan fingerprint density at radius 1 is 1.24 bits per heavy atom. The standard InChI is InChI=1S/C16H19N3OS/c20-21(19-7-5-12-8-18-10-14(12)11-19)16-3-1-2-13-9-17-6-4-15(13)16/h1-4,6,9,12,14,18H,5,7-8,10-11H2. The van der Waals surface area contributed by atoms with Crippen molar-refractivity contribution >= 4 is 22.1 Å². The summed E-state index contributed by atoms with van der Waals surface area (Å²) in [6.07, 6.45) is 4.76. The number of aromatic nitrogens is 1. The SMILES string of the molecule is [O-][S+](c1cccc2cnccc12)N1CCC2CNCC2C1. The van der Waals surface area contributed by atoms with E-state index in [0.29, 0.717) is 5.92 Å². The van der Waals surface area contributed by atoms with Crippen molar-refractivity contribution in [3.05, 3.63) is 36.7 Å². The highest BCUT2D eigenvalue weighted by Gasteiger charge is 2.38. The molecule has 21 heavy (non-hydrogen) atoms. The van der Waals surface area contributed by atoms with Crippen LogP contribution in [0, 0.1) is 11.8 Å². The fraction of sp³-hybridized carbons (Fsp3) is 0.438. The number of pyridine rings is 1. The number of nitrogens with zero attached hydrogens (tertiary/aromatic N) is 2. The lowest BCUT2D eigenvalue weighted by molar-refractivity contribution is 0.228. The summed E-state index contributed by atoms with van der Waals surface area (Å²) < 4.78 is 15.1. The summed E-state index contributed by atoms with van der Waals surface area (Å²) in [6, 6.07) is 7.95. The van der Waals surface area contributed by atoms with E-state index in [-0.39, 0.29) is 0 Å². The third kappa shape index (κ3) is 2.44. The van der Waals surface area contributed by atoms with E-state index in [4.69, 9.17) is 0 Å². The molecule has 4 nitrogen and oxygen atoms in total. The fourth-order valence-corrected chi connectivity index (χ4v) is 4.98. The van der Waals surface area contributed by atoms with Crippen LogP contribution in [0.15, 0.2) is 41.6 Å². The first kappa shape index (κ1) is 13.5. The van der Waals surface area contributed by atoms with E-state index in [1.54, 1.807) is 6.20 Å². The van der Waals surface area contributed by atoms with Gasteiger partial charge in [0.25, 0.3) is 0 Å². The van der Waals surface area contributed by atoms with E-state index in [2.05, 4.69) is 14.6 Å². The minimum atomic E-state index is -1.08. The molecule has 5 heteroatoms. The van der Waals surface area contributed by atoms with Crippen molar-refractivity contribution in [3.63, 3.8) is 0 Å². The molecule has 0 radical (unpaired) electrons. The molecular formula is C16H19N3OS. The zero-order valence-electron chi connectivity index (χ0n) is 11.9. The van der Waals surface area contributed by atoms with E-state index < -0.39 is 11.4 Å². The van der Waals surface area contributed by atoms with Crippen molar-refractivity contribution in [2.75, 3.05) is 26.2 Å². The quantitative estimate of drug-likeness (QED) is 0.859. The Balaban J connectivity index is 1.62. The summed E-state index contributed by atoms with van der Waals surface area (Å²) in [6.45, 7) is 4.06. The lowest BCUT2D eigenvalue weighted by Gasteiger charge is -2.34. The summed E-state index contributed by atoms with van der Waals surface area (Å²) in [5, 5.41) is 5.57. The van der Waals surface area contributed by atoms with Gasteiger partial charge in [0.1, 0.15) is 0 Å². The highest BCUT2D eigenvalue weighted by Crippen LogP contribution is 2.32. The van der Waals surface area contributed by atoms with Crippen LogP contribution >= 0.6 is 0 Å². The number of fused-ring (bicyclic) bond motifs is 2. The van der Waals surface area contributed by atoms with Crippen LogP contribution in [0.5, 0.6) is 0 Å². The maximum atomic E-state index is 13.0. The number of rotatable bonds is 2. The fourth-order valence-electron chi connectivity index (χ4n) is 3.54. The Kier molecular flexibility index (Phi) is 3.59. The van der Waals surface area contributed by atoms with E-state index >= 15 is 0 Å². The average Bonchev–Trinajstić information content (AvgIpc) is 3.01. The smallest absolute Gasteiger partial charge is 0.182 e. The first-order valence-corrected chi connectivity index (χ1v) is 8.64. The van der Waals surface area contributed by atoms with E-state index in [1.807, 2.05) is 30.5 Å². The average molecular weight is 301 g/mol. The van der Waals surface area contributed by atoms with E-state index in [9.17, 15) is 4.55 Å². The molecule has 0 spiro atoms. The molecule has 0 bridgehead atoms. The third-order valence-electron chi connectivity index (χ3n) is 4.73. The largest absolute Gasteiger partial charge is 0.593 e. The van der Waals surface area contributed by atoms with E-state index in [0.717, 1.165) is 54.2 Å². The monoisotopic (exact) mass is 301 g/mol. The summed E-state index contributed by atoms with van der Waals surface area (Å²) in [4.78, 5) is 5.06. The Hall–Kier alpha value is -1.14. The van der Waals surface area contributed by atoms with Crippen LogP contribution in [0.2, 0.25) is 0 Å². The maximum absolute atomic E-state index is 13.0. The molecule has 0 aliphatic carbocycles. The third-order valence-corrected chi connectivity index (χ3v) is 6.26. The van der Waals surface area contributed by atoms with Gasteiger partial charge in [-0.15, -0.1) is 4.31 Å². The molecule has 2 aliphatic heterocycles. The minimum absolute atomic E-state index is 0.652. The van der Waals surface area contributed by atoms with Crippen molar-refractivity contribution in [2.45, 2.75) is 11.3 Å². The second kappa shape index (κ2) is 5.57. The van der Waals surface area contributed by atoms with Gasteiger partial charge in [0.05, 0.1) is 11.4 Å². The van der Waals surface area contributed by atoms with Crippen LogP contribution in [-0.4, -0.2) is 40.0 Å². The van der Waals surface area contributed by atoms with Gasteiger partial charge in [0.15, 0.2) is 4.90 Å². The van der Waals surface area contributed by atoms with Crippen LogP contribution < -0.4 is 5.32 Å². The van der Waals surface area contributed by atoms with Crippen molar-refractivity contribution in [1.29, 1.82) is 0 Å². The number of piperidine rings is 1. The topological polar surface area (TPSA) is 51.2 Å². The minimum Gasteiger partial charge on any atom is -0.593 e. The predicted molar refractivity (Wildman–Crippen MR) is 84.2 cm³/mol. The van der Waals surface area contributed by atoms with Gasteiger partial charge in [0.2, 0.25) is 0 Å². The molecule has 1 aromatic heterocycles. The van der Waals surface area contributed by atoms with Gasteiger partial charge >= 0.3 is 0 Å². The molecule has 0 amide bonds. The molecule has 1 N–H and O–H groups in total. The Morgan fingerprint density at radius 2 is 2.14 bits per heavy atom. The second-order valence-corrected chi connectivity index (χ2v) is 7.41. The highest BCUT2D eigenvalue weighted by molar-refractivity contribution is 7.89. The predicted octanol–water partition coefficient (Wildman–Crippen LogP) is 1.80. The van der Waals surface area contributed by atoms with Gasteiger partial charge in [-0.2, -0.15) is 0 Å². The summed E-state index contributed by atoms with van der Waals surface area (Å²) >= 11 is -1.08. The first-order chi connectivity index (χ1) is 10.3. The zero-order chi connectivity index (χ0) is 14.2. The molecule has 2 aliphatic rings. The molecule has 2 saturated heterocycles. The number of benzene rings is 1. The van der Waals surface area contributed by atoms with Crippen LogP contribution in [0.4, 0.5) is 0 Å².